The molecule has 0 aromatic carbocycles. The van der Waals surface area contributed by atoms with Crippen LogP contribution in [0.3, 0.4) is 0 Å². The quantitative estimate of drug-likeness (QED) is 0.438. The number of amides is 1. The Morgan fingerprint density at radius 2 is 2.07 bits per heavy atom. The Bertz CT molecular complexity index is 301. The standard InChI is InChI=1S/C8H12NO5P/c1-5(8(9)13)6(15(14)4-10)2-3-7(11)12/h2-3,5-6,10H,4H2,1H3,(H2-,9,11,12,13)/p+1. The molecule has 0 fully saturated rings. The van der Waals surface area contributed by atoms with Crippen LogP contribution in [0.25, 0.3) is 0 Å². The van der Waals surface area contributed by atoms with Gasteiger partial charge in [-0.1, -0.05) is 4.57 Å². The molecule has 4 N–H and O–H groups in total. The van der Waals surface area contributed by atoms with Crippen molar-refractivity contribution >= 4 is 19.7 Å². The molecule has 0 aliphatic heterocycles. The van der Waals surface area contributed by atoms with E-state index >= 15 is 0 Å². The maximum atomic E-state index is 11.3. The van der Waals surface area contributed by atoms with Crippen molar-refractivity contribution in [3.63, 3.8) is 0 Å². The summed E-state index contributed by atoms with van der Waals surface area (Å²) in [6.07, 6.45) is 1.29. The smallest absolute Gasteiger partial charge is 0.374 e. The van der Waals surface area contributed by atoms with Crippen molar-refractivity contribution in [2.45, 2.75) is 12.6 Å². The first-order chi connectivity index (χ1) is 6.90. The van der Waals surface area contributed by atoms with Crippen molar-refractivity contribution in [2.75, 3.05) is 6.35 Å². The molecule has 7 heteroatoms. The van der Waals surface area contributed by atoms with E-state index in [9.17, 15) is 14.2 Å². The lowest BCUT2D eigenvalue weighted by Gasteiger charge is -2.07. The van der Waals surface area contributed by atoms with E-state index in [1.807, 2.05) is 0 Å². The van der Waals surface area contributed by atoms with Gasteiger partial charge in [0.15, 0.2) is 5.66 Å². The van der Waals surface area contributed by atoms with Crippen molar-refractivity contribution in [2.24, 2.45) is 11.7 Å². The van der Waals surface area contributed by atoms with Gasteiger partial charge in [-0.05, 0) is 13.0 Å². The third-order valence-corrected chi connectivity index (χ3v) is 3.43. The Labute approximate surface area is 87.6 Å². The van der Waals surface area contributed by atoms with E-state index in [0.717, 1.165) is 12.2 Å². The largest absolute Gasteiger partial charge is 0.478 e. The first kappa shape index (κ1) is 13.7. The highest BCUT2D eigenvalue weighted by Gasteiger charge is 2.35. The average molecular weight is 234 g/mol. The van der Waals surface area contributed by atoms with E-state index in [2.05, 4.69) is 0 Å². The fraction of sp³-hybridized carbons (Fsp3) is 0.500. The molecular formula is C8H13NO5P+. The molecule has 3 atom stereocenters. The maximum Gasteiger partial charge on any atom is 0.374 e. The minimum absolute atomic E-state index is 0.610. The zero-order chi connectivity index (χ0) is 12.0. The number of carboxylic acid groups (broad SMARTS) is 1. The summed E-state index contributed by atoms with van der Waals surface area (Å²) in [6.45, 7) is 1.43. The van der Waals surface area contributed by atoms with Crippen molar-refractivity contribution in [3.8, 4) is 0 Å². The minimum Gasteiger partial charge on any atom is -0.478 e. The Hall–Kier alpha value is -1.26. The van der Waals surface area contributed by atoms with Gasteiger partial charge < -0.3 is 15.9 Å². The number of rotatable bonds is 6. The van der Waals surface area contributed by atoms with Gasteiger partial charge >= 0.3 is 13.8 Å². The number of hydrogen-bond acceptors (Lipinski definition) is 4. The number of aliphatic hydroxyl groups is 1. The van der Waals surface area contributed by atoms with Crippen LogP contribution in [0.15, 0.2) is 12.2 Å². The predicted molar refractivity (Wildman–Crippen MR) is 53.6 cm³/mol. The summed E-state index contributed by atoms with van der Waals surface area (Å²) in [5.41, 5.74) is 4.16. The number of aliphatic carboxylic acids is 1. The molecule has 0 rings (SSSR count). The topological polar surface area (TPSA) is 118 Å². The third kappa shape index (κ3) is 4.67. The zero-order valence-electron chi connectivity index (χ0n) is 8.16. The van der Waals surface area contributed by atoms with Crippen molar-refractivity contribution in [1.29, 1.82) is 0 Å². The Morgan fingerprint density at radius 1 is 1.53 bits per heavy atom. The molecule has 0 heterocycles. The molecule has 0 spiro atoms. The Kier molecular flexibility index (Phi) is 5.74. The molecule has 0 radical (unpaired) electrons. The van der Waals surface area contributed by atoms with Crippen LogP contribution in [0.1, 0.15) is 6.92 Å². The van der Waals surface area contributed by atoms with Gasteiger partial charge in [-0.2, -0.15) is 0 Å². The van der Waals surface area contributed by atoms with Crippen LogP contribution in [0.4, 0.5) is 0 Å². The summed E-state index contributed by atoms with van der Waals surface area (Å²) in [4.78, 5) is 21.1. The summed E-state index contributed by atoms with van der Waals surface area (Å²) in [7, 11) is -2.09. The molecule has 15 heavy (non-hydrogen) atoms. The van der Waals surface area contributed by atoms with Gasteiger partial charge in [0.2, 0.25) is 12.3 Å². The predicted octanol–water partition coefficient (Wildman–Crippen LogP) is -0.106. The fourth-order valence-electron chi connectivity index (χ4n) is 0.956. The number of aliphatic hydroxyl groups excluding tert-OH is 1. The zero-order valence-corrected chi connectivity index (χ0v) is 9.05. The summed E-state index contributed by atoms with van der Waals surface area (Å²) >= 11 is 0. The number of carbonyl (C=O) groups is 2. The highest BCUT2D eigenvalue weighted by Crippen LogP contribution is 2.33. The van der Waals surface area contributed by atoms with Gasteiger partial charge in [-0.3, -0.25) is 4.79 Å². The number of carboxylic acids is 1. The van der Waals surface area contributed by atoms with E-state index in [1.165, 1.54) is 6.92 Å². The second kappa shape index (κ2) is 6.27. The van der Waals surface area contributed by atoms with Crippen LogP contribution in [-0.2, 0) is 14.2 Å². The number of hydrogen-bond donors (Lipinski definition) is 3. The van der Waals surface area contributed by atoms with E-state index in [1.54, 1.807) is 0 Å². The molecule has 0 aromatic rings. The van der Waals surface area contributed by atoms with Crippen LogP contribution in [0.2, 0.25) is 0 Å². The van der Waals surface area contributed by atoms with Crippen molar-refractivity contribution < 1.29 is 24.4 Å². The van der Waals surface area contributed by atoms with Gasteiger partial charge in [0, 0.05) is 6.08 Å². The van der Waals surface area contributed by atoms with Gasteiger partial charge in [-0.25, -0.2) is 4.79 Å². The lowest BCUT2D eigenvalue weighted by Crippen LogP contribution is -2.28. The van der Waals surface area contributed by atoms with Crippen LogP contribution in [0, 0.1) is 5.92 Å². The van der Waals surface area contributed by atoms with E-state index in [0.29, 0.717) is 0 Å². The second-order valence-electron chi connectivity index (χ2n) is 2.94. The van der Waals surface area contributed by atoms with Crippen molar-refractivity contribution in [1.82, 2.24) is 0 Å². The molecule has 1 amide bonds. The van der Waals surface area contributed by atoms with E-state index in [-0.39, 0.29) is 0 Å². The van der Waals surface area contributed by atoms with Gasteiger partial charge in [0.25, 0.3) is 0 Å². The molecule has 0 aliphatic carbocycles. The fourth-order valence-corrected chi connectivity index (χ4v) is 2.07. The molecule has 0 aliphatic rings. The number of carbonyl (C=O) groups excluding carboxylic acids is 1. The third-order valence-electron chi connectivity index (χ3n) is 1.87. The van der Waals surface area contributed by atoms with E-state index < -0.39 is 37.6 Å². The molecule has 0 aromatic heterocycles. The Morgan fingerprint density at radius 3 is 2.40 bits per heavy atom. The van der Waals surface area contributed by atoms with Crippen LogP contribution in [0.5, 0.6) is 0 Å². The highest BCUT2D eigenvalue weighted by atomic mass is 31.1. The molecular weight excluding hydrogens is 221 g/mol. The lowest BCUT2D eigenvalue weighted by molar-refractivity contribution is -0.131. The van der Waals surface area contributed by atoms with E-state index in [4.69, 9.17) is 15.9 Å². The summed E-state index contributed by atoms with van der Waals surface area (Å²) in [5, 5.41) is 17.1. The lowest BCUT2D eigenvalue weighted by atomic mass is 10.1. The van der Waals surface area contributed by atoms with Crippen LogP contribution < -0.4 is 5.73 Å². The summed E-state index contributed by atoms with van der Waals surface area (Å²) in [6, 6.07) is 0. The molecule has 6 nitrogen and oxygen atoms in total. The van der Waals surface area contributed by atoms with Crippen LogP contribution in [-0.4, -0.2) is 34.1 Å². The maximum absolute atomic E-state index is 11.3. The van der Waals surface area contributed by atoms with Gasteiger partial charge in [0.1, 0.15) is 0 Å². The second-order valence-corrected chi connectivity index (χ2v) is 4.65. The van der Waals surface area contributed by atoms with Crippen LogP contribution >= 0.6 is 7.80 Å². The Balaban J connectivity index is 4.81. The molecule has 84 valence electrons. The molecule has 3 unspecified atom stereocenters. The minimum atomic E-state index is -2.09. The van der Waals surface area contributed by atoms with Gasteiger partial charge in [0.05, 0.1) is 5.92 Å². The number of nitrogens with two attached hydrogens (primary N) is 1. The number of primary amides is 1. The summed E-state index contributed by atoms with van der Waals surface area (Å²) < 4.78 is 11.3. The van der Waals surface area contributed by atoms with Crippen molar-refractivity contribution in [3.05, 3.63) is 12.2 Å². The molecule has 0 saturated heterocycles. The first-order valence-corrected chi connectivity index (χ1v) is 5.66. The first-order valence-electron chi connectivity index (χ1n) is 4.15. The molecule has 0 saturated carbocycles. The average Bonchev–Trinajstić information content (AvgIpc) is 2.16. The SMILES string of the molecule is CC(C(N)=O)C(C=CC(=O)O)[P+](=O)CO. The normalized spacial score (nSPS) is 16.0. The monoisotopic (exact) mass is 234 g/mol. The highest BCUT2D eigenvalue weighted by molar-refractivity contribution is 7.45. The number of allylic oxidation sites excluding steroid dienone is 1. The molecule has 0 bridgehead atoms. The van der Waals surface area contributed by atoms with Gasteiger partial charge in [-0.15, -0.1) is 0 Å². The summed E-state index contributed by atoms with van der Waals surface area (Å²) in [5.74, 6) is -2.68.